The highest BCUT2D eigenvalue weighted by atomic mass is 32.2. The number of halogens is 1. The van der Waals surface area contributed by atoms with E-state index in [1.807, 2.05) is 30.3 Å². The second kappa shape index (κ2) is 7.75. The number of amides is 1. The molecular formula is C19H15FN2OS. The molecule has 0 aliphatic carbocycles. The van der Waals surface area contributed by atoms with Crippen LogP contribution in [0.3, 0.4) is 0 Å². The predicted molar refractivity (Wildman–Crippen MR) is 94.6 cm³/mol. The second-order valence-corrected chi connectivity index (χ2v) is 6.06. The van der Waals surface area contributed by atoms with Crippen LogP contribution < -0.4 is 5.32 Å². The van der Waals surface area contributed by atoms with Crippen LogP contribution in [0.4, 0.5) is 10.1 Å². The molecule has 120 valence electrons. The monoisotopic (exact) mass is 338 g/mol. The van der Waals surface area contributed by atoms with Crippen molar-refractivity contribution in [3.8, 4) is 0 Å². The van der Waals surface area contributed by atoms with Crippen LogP contribution in [0.5, 0.6) is 0 Å². The van der Waals surface area contributed by atoms with Gasteiger partial charge in [-0.25, -0.2) is 9.37 Å². The molecule has 0 saturated heterocycles. The van der Waals surface area contributed by atoms with Gasteiger partial charge in [-0.1, -0.05) is 30.3 Å². The number of thioether (sulfide) groups is 1. The fourth-order valence-corrected chi connectivity index (χ4v) is 3.08. The number of anilines is 1. The van der Waals surface area contributed by atoms with Crippen molar-refractivity contribution in [1.29, 1.82) is 0 Å². The number of rotatable bonds is 5. The number of aromatic nitrogens is 1. The molecule has 0 radical (unpaired) electrons. The average molecular weight is 338 g/mol. The summed E-state index contributed by atoms with van der Waals surface area (Å²) in [4.78, 5) is 16.8. The molecule has 2 aromatic carbocycles. The lowest BCUT2D eigenvalue weighted by atomic mass is 10.2. The summed E-state index contributed by atoms with van der Waals surface area (Å²) in [6, 6.07) is 19.1. The maximum atomic E-state index is 12.9. The number of pyridine rings is 1. The highest BCUT2D eigenvalue weighted by molar-refractivity contribution is 7.98. The molecule has 24 heavy (non-hydrogen) atoms. The zero-order valence-electron chi connectivity index (χ0n) is 12.8. The van der Waals surface area contributed by atoms with Gasteiger partial charge in [0.1, 0.15) is 10.8 Å². The Kier molecular flexibility index (Phi) is 5.23. The Morgan fingerprint density at radius 3 is 2.50 bits per heavy atom. The average Bonchev–Trinajstić information content (AvgIpc) is 2.63. The number of nitrogens with zero attached hydrogens (tertiary/aromatic N) is 1. The van der Waals surface area contributed by atoms with E-state index in [-0.39, 0.29) is 11.7 Å². The van der Waals surface area contributed by atoms with Gasteiger partial charge in [0.25, 0.3) is 5.91 Å². The fraction of sp³-hybridized carbons (Fsp3) is 0.0526. The number of carbonyl (C=O) groups excluding carboxylic acids is 1. The third-order valence-electron chi connectivity index (χ3n) is 3.34. The van der Waals surface area contributed by atoms with Crippen molar-refractivity contribution in [1.82, 2.24) is 4.98 Å². The Hall–Kier alpha value is -2.66. The van der Waals surface area contributed by atoms with Crippen LogP contribution in [0, 0.1) is 5.82 Å². The number of benzene rings is 2. The van der Waals surface area contributed by atoms with Crippen LogP contribution in [0.25, 0.3) is 0 Å². The van der Waals surface area contributed by atoms with Gasteiger partial charge in [0.05, 0.1) is 5.56 Å². The van der Waals surface area contributed by atoms with Crippen molar-refractivity contribution in [2.45, 2.75) is 10.8 Å². The molecule has 1 amide bonds. The van der Waals surface area contributed by atoms with E-state index in [2.05, 4.69) is 10.3 Å². The molecule has 0 bridgehead atoms. The summed E-state index contributed by atoms with van der Waals surface area (Å²) >= 11 is 1.51. The third kappa shape index (κ3) is 4.20. The van der Waals surface area contributed by atoms with Crippen LogP contribution in [0.1, 0.15) is 15.9 Å². The molecule has 3 aromatic rings. The largest absolute Gasteiger partial charge is 0.322 e. The second-order valence-electron chi connectivity index (χ2n) is 5.09. The van der Waals surface area contributed by atoms with Crippen LogP contribution in [-0.4, -0.2) is 10.9 Å². The van der Waals surface area contributed by atoms with Gasteiger partial charge in [-0.2, -0.15) is 0 Å². The normalized spacial score (nSPS) is 10.4. The Labute approximate surface area is 143 Å². The molecule has 1 N–H and O–H groups in total. The van der Waals surface area contributed by atoms with E-state index in [0.29, 0.717) is 16.3 Å². The van der Waals surface area contributed by atoms with Crippen molar-refractivity contribution >= 4 is 23.4 Å². The van der Waals surface area contributed by atoms with Gasteiger partial charge >= 0.3 is 0 Å². The summed E-state index contributed by atoms with van der Waals surface area (Å²) in [5.74, 6) is 0.132. The molecule has 0 saturated carbocycles. The van der Waals surface area contributed by atoms with Crippen LogP contribution in [0.15, 0.2) is 78.0 Å². The third-order valence-corrected chi connectivity index (χ3v) is 4.41. The smallest absolute Gasteiger partial charge is 0.258 e. The molecular weight excluding hydrogens is 323 g/mol. The summed E-state index contributed by atoms with van der Waals surface area (Å²) in [6.45, 7) is 0. The molecule has 3 nitrogen and oxygen atoms in total. The van der Waals surface area contributed by atoms with Gasteiger partial charge in [-0.15, -0.1) is 11.8 Å². The van der Waals surface area contributed by atoms with Gasteiger partial charge in [0, 0.05) is 17.6 Å². The first-order chi connectivity index (χ1) is 11.7. The number of hydrogen-bond acceptors (Lipinski definition) is 3. The number of nitrogens with one attached hydrogen (secondary N) is 1. The molecule has 5 heteroatoms. The first kappa shape index (κ1) is 16.2. The Morgan fingerprint density at radius 1 is 1.00 bits per heavy atom. The van der Waals surface area contributed by atoms with Gasteiger partial charge in [-0.3, -0.25) is 4.79 Å². The summed E-state index contributed by atoms with van der Waals surface area (Å²) in [7, 11) is 0. The van der Waals surface area contributed by atoms with Gasteiger partial charge in [0.15, 0.2) is 0 Å². The van der Waals surface area contributed by atoms with E-state index in [9.17, 15) is 9.18 Å². The van der Waals surface area contributed by atoms with E-state index in [1.54, 1.807) is 18.3 Å². The van der Waals surface area contributed by atoms with Crippen LogP contribution >= 0.6 is 11.8 Å². The Morgan fingerprint density at radius 2 is 1.75 bits per heavy atom. The first-order valence-electron chi connectivity index (χ1n) is 7.41. The minimum Gasteiger partial charge on any atom is -0.322 e. The lowest BCUT2D eigenvalue weighted by Crippen LogP contribution is -2.13. The van der Waals surface area contributed by atoms with Crippen molar-refractivity contribution in [3.05, 3.63) is 89.9 Å². The highest BCUT2D eigenvalue weighted by Gasteiger charge is 2.13. The van der Waals surface area contributed by atoms with E-state index in [4.69, 9.17) is 0 Å². The minimum atomic E-state index is -0.339. The molecule has 3 rings (SSSR count). The molecule has 0 spiro atoms. The summed E-state index contributed by atoms with van der Waals surface area (Å²) < 4.78 is 12.9. The molecule has 1 aromatic heterocycles. The quantitative estimate of drug-likeness (QED) is 0.682. The summed E-state index contributed by atoms with van der Waals surface area (Å²) in [5.41, 5.74) is 2.21. The zero-order chi connectivity index (χ0) is 16.8. The minimum absolute atomic E-state index is 0.259. The van der Waals surface area contributed by atoms with Crippen molar-refractivity contribution in [2.75, 3.05) is 5.32 Å². The summed E-state index contributed by atoms with van der Waals surface area (Å²) in [6.07, 6.45) is 1.67. The molecule has 0 atom stereocenters. The van der Waals surface area contributed by atoms with Crippen molar-refractivity contribution < 1.29 is 9.18 Å². The molecule has 1 heterocycles. The van der Waals surface area contributed by atoms with E-state index in [0.717, 1.165) is 11.3 Å². The molecule has 0 aliphatic rings. The highest BCUT2D eigenvalue weighted by Crippen LogP contribution is 2.24. The standard InChI is InChI=1S/C19H15FN2OS/c20-15-8-10-16(11-9-15)22-18(23)17-7-4-12-21-19(17)24-13-14-5-2-1-3-6-14/h1-12H,13H2,(H,22,23). The lowest BCUT2D eigenvalue weighted by molar-refractivity contribution is 0.102. The van der Waals surface area contributed by atoms with Crippen LogP contribution in [0.2, 0.25) is 0 Å². The molecule has 0 aliphatic heterocycles. The maximum absolute atomic E-state index is 12.9. The van der Waals surface area contributed by atoms with Gasteiger partial charge in [0.2, 0.25) is 0 Å². The Bertz CT molecular complexity index is 822. The van der Waals surface area contributed by atoms with Crippen molar-refractivity contribution in [3.63, 3.8) is 0 Å². The Balaban J connectivity index is 1.73. The first-order valence-corrected chi connectivity index (χ1v) is 8.39. The number of hydrogen-bond donors (Lipinski definition) is 1. The van der Waals surface area contributed by atoms with E-state index in [1.165, 1.54) is 36.0 Å². The van der Waals surface area contributed by atoms with Gasteiger partial charge in [-0.05, 0) is 42.0 Å². The van der Waals surface area contributed by atoms with E-state index < -0.39 is 0 Å². The fourth-order valence-electron chi connectivity index (χ4n) is 2.14. The van der Waals surface area contributed by atoms with E-state index >= 15 is 0 Å². The van der Waals surface area contributed by atoms with Crippen LogP contribution in [-0.2, 0) is 5.75 Å². The molecule has 0 unspecified atom stereocenters. The SMILES string of the molecule is O=C(Nc1ccc(F)cc1)c1cccnc1SCc1ccccc1. The van der Waals surface area contributed by atoms with Crippen molar-refractivity contribution in [2.24, 2.45) is 0 Å². The molecule has 0 fully saturated rings. The number of carbonyl (C=O) groups is 1. The lowest BCUT2D eigenvalue weighted by Gasteiger charge is -2.09. The van der Waals surface area contributed by atoms with Gasteiger partial charge < -0.3 is 5.32 Å². The topological polar surface area (TPSA) is 42.0 Å². The summed E-state index contributed by atoms with van der Waals surface area (Å²) in [5, 5.41) is 3.43. The maximum Gasteiger partial charge on any atom is 0.258 e. The zero-order valence-corrected chi connectivity index (χ0v) is 13.6. The predicted octanol–water partition coefficient (Wildman–Crippen LogP) is 4.77.